The molecule has 0 aliphatic carbocycles. The maximum absolute atomic E-state index is 12.2. The van der Waals surface area contributed by atoms with Crippen molar-refractivity contribution < 1.29 is 8.42 Å². The van der Waals surface area contributed by atoms with E-state index in [9.17, 15) is 8.42 Å². The van der Waals surface area contributed by atoms with Crippen LogP contribution in [0.5, 0.6) is 0 Å². The first-order chi connectivity index (χ1) is 9.53. The van der Waals surface area contributed by atoms with Crippen LogP contribution in [-0.2, 0) is 16.6 Å². The van der Waals surface area contributed by atoms with Crippen molar-refractivity contribution in [3.05, 3.63) is 46.3 Å². The fraction of sp³-hybridized carbons (Fsp3) is 0.308. The predicted octanol–water partition coefficient (Wildman–Crippen LogP) is 1.90. The highest BCUT2D eigenvalue weighted by molar-refractivity contribution is 7.89. The van der Waals surface area contributed by atoms with Crippen LogP contribution in [0, 0.1) is 0 Å². The summed E-state index contributed by atoms with van der Waals surface area (Å²) in [6.45, 7) is 2.47. The van der Waals surface area contributed by atoms with Gasteiger partial charge in [-0.25, -0.2) is 18.1 Å². The Morgan fingerprint density at radius 1 is 1.35 bits per heavy atom. The minimum Gasteiger partial charge on any atom is -0.316 e. The third kappa shape index (κ3) is 3.63. The van der Waals surface area contributed by atoms with Crippen LogP contribution in [0.25, 0.3) is 0 Å². The number of nitrogens with zero attached hydrogens (tertiary/aromatic N) is 1. The van der Waals surface area contributed by atoms with Crippen LogP contribution in [0.2, 0.25) is 0 Å². The molecule has 0 bridgehead atoms. The highest BCUT2D eigenvalue weighted by atomic mass is 32.2. The number of pyridine rings is 1. The number of hydrogen-bond acceptors (Lipinski definition) is 5. The van der Waals surface area contributed by atoms with Gasteiger partial charge in [0.15, 0.2) is 5.03 Å². The molecule has 2 N–H and O–H groups in total. The van der Waals surface area contributed by atoms with Gasteiger partial charge in [-0.2, -0.15) is 11.3 Å². The molecule has 2 aromatic heterocycles. The second-order valence-corrected chi connectivity index (χ2v) is 6.88. The average Bonchev–Trinajstić information content (AvgIpc) is 2.93. The summed E-state index contributed by atoms with van der Waals surface area (Å²) in [5, 5.41) is 6.88. The quantitative estimate of drug-likeness (QED) is 0.855. The minimum atomic E-state index is -3.59. The fourth-order valence-corrected chi connectivity index (χ4v) is 3.68. The molecule has 2 heterocycles. The molecule has 0 fully saturated rings. The summed E-state index contributed by atoms with van der Waals surface area (Å²) < 4.78 is 27.1. The number of thiophene rings is 1. The second-order valence-electron chi connectivity index (χ2n) is 4.43. The Bertz CT molecular complexity index is 637. The van der Waals surface area contributed by atoms with E-state index in [0.29, 0.717) is 6.54 Å². The van der Waals surface area contributed by atoms with Crippen LogP contribution in [0.4, 0.5) is 0 Å². The molecule has 1 unspecified atom stereocenters. The maximum atomic E-state index is 12.2. The Labute approximate surface area is 123 Å². The lowest BCUT2D eigenvalue weighted by Gasteiger charge is -2.12. The van der Waals surface area contributed by atoms with E-state index in [4.69, 9.17) is 0 Å². The number of nitrogens with one attached hydrogen (secondary N) is 2. The van der Waals surface area contributed by atoms with E-state index in [1.165, 1.54) is 17.4 Å². The van der Waals surface area contributed by atoms with E-state index in [-0.39, 0.29) is 11.1 Å². The summed E-state index contributed by atoms with van der Waals surface area (Å²) in [6, 6.07) is 4.91. The summed E-state index contributed by atoms with van der Waals surface area (Å²) in [6.07, 6.45) is 1.57. The lowest BCUT2D eigenvalue weighted by atomic mass is 10.2. The van der Waals surface area contributed by atoms with Crippen molar-refractivity contribution in [3.8, 4) is 0 Å². The Morgan fingerprint density at radius 3 is 2.70 bits per heavy atom. The van der Waals surface area contributed by atoms with E-state index in [0.717, 1.165) is 11.1 Å². The van der Waals surface area contributed by atoms with E-state index in [2.05, 4.69) is 15.0 Å². The van der Waals surface area contributed by atoms with Crippen molar-refractivity contribution in [2.75, 3.05) is 7.05 Å². The Morgan fingerprint density at radius 2 is 2.15 bits per heavy atom. The van der Waals surface area contributed by atoms with Gasteiger partial charge >= 0.3 is 0 Å². The van der Waals surface area contributed by atoms with Crippen LogP contribution in [0.15, 0.2) is 40.2 Å². The molecule has 5 nitrogen and oxygen atoms in total. The molecule has 0 saturated heterocycles. The highest BCUT2D eigenvalue weighted by Crippen LogP contribution is 2.18. The Hall–Kier alpha value is -1.28. The molecule has 0 amide bonds. The number of rotatable bonds is 6. The average molecular weight is 311 g/mol. The second kappa shape index (κ2) is 6.45. The van der Waals surface area contributed by atoms with Crippen molar-refractivity contribution in [1.29, 1.82) is 0 Å². The van der Waals surface area contributed by atoms with E-state index < -0.39 is 10.0 Å². The first kappa shape index (κ1) is 15.1. The SMILES string of the molecule is CNCc1ccc(S(=O)(=O)NC(C)c2ccsc2)nc1. The zero-order valence-electron chi connectivity index (χ0n) is 11.3. The fourth-order valence-electron chi connectivity index (χ4n) is 1.76. The minimum absolute atomic E-state index is 0.0411. The standard InChI is InChI=1S/C13H17N3O2S2/c1-10(12-5-6-19-9-12)16-20(17,18)13-4-3-11(7-14-2)8-15-13/h3-6,8-10,14,16H,7H2,1-2H3. The monoisotopic (exact) mass is 311 g/mol. The molecule has 2 aromatic rings. The van der Waals surface area contributed by atoms with Gasteiger partial charge in [0.1, 0.15) is 0 Å². The van der Waals surface area contributed by atoms with Crippen LogP contribution >= 0.6 is 11.3 Å². The summed E-state index contributed by atoms with van der Waals surface area (Å²) in [4.78, 5) is 4.02. The van der Waals surface area contributed by atoms with Gasteiger partial charge in [0.2, 0.25) is 0 Å². The van der Waals surface area contributed by atoms with Gasteiger partial charge in [-0.05, 0) is 48.0 Å². The maximum Gasteiger partial charge on any atom is 0.258 e. The van der Waals surface area contributed by atoms with Crippen LogP contribution in [0.1, 0.15) is 24.1 Å². The third-order valence-electron chi connectivity index (χ3n) is 2.83. The topological polar surface area (TPSA) is 71.1 Å². The molecule has 20 heavy (non-hydrogen) atoms. The molecule has 7 heteroatoms. The van der Waals surface area contributed by atoms with Crippen LogP contribution < -0.4 is 10.0 Å². The Balaban J connectivity index is 2.13. The van der Waals surface area contributed by atoms with Gasteiger partial charge in [-0.1, -0.05) is 6.07 Å². The number of hydrogen-bond donors (Lipinski definition) is 2. The molecule has 2 rings (SSSR count). The molecule has 0 aliphatic rings. The van der Waals surface area contributed by atoms with Crippen LogP contribution in [-0.4, -0.2) is 20.4 Å². The predicted molar refractivity (Wildman–Crippen MR) is 80.1 cm³/mol. The van der Waals surface area contributed by atoms with Crippen molar-refractivity contribution in [2.24, 2.45) is 0 Å². The zero-order chi connectivity index (χ0) is 14.6. The molecule has 0 radical (unpaired) electrons. The first-order valence-corrected chi connectivity index (χ1v) is 8.59. The smallest absolute Gasteiger partial charge is 0.258 e. The van der Waals surface area contributed by atoms with Gasteiger partial charge in [0.05, 0.1) is 0 Å². The number of sulfonamides is 1. The molecule has 0 saturated carbocycles. The van der Waals surface area contributed by atoms with Crippen molar-refractivity contribution in [1.82, 2.24) is 15.0 Å². The third-order valence-corrected chi connectivity index (χ3v) is 4.99. The van der Waals surface area contributed by atoms with Gasteiger partial charge in [-0.15, -0.1) is 0 Å². The summed E-state index contributed by atoms with van der Waals surface area (Å²) in [5.41, 5.74) is 1.89. The zero-order valence-corrected chi connectivity index (χ0v) is 13.0. The van der Waals surface area contributed by atoms with Gasteiger partial charge in [0.25, 0.3) is 10.0 Å². The molecule has 1 atom stereocenters. The molecular formula is C13H17N3O2S2. The number of aromatic nitrogens is 1. The summed E-state index contributed by atoms with van der Waals surface area (Å²) in [5.74, 6) is 0. The van der Waals surface area contributed by atoms with Gasteiger partial charge in [-0.3, -0.25) is 0 Å². The van der Waals surface area contributed by atoms with E-state index >= 15 is 0 Å². The highest BCUT2D eigenvalue weighted by Gasteiger charge is 2.19. The molecule has 0 aromatic carbocycles. The lowest BCUT2D eigenvalue weighted by molar-refractivity contribution is 0.563. The molecule has 0 aliphatic heterocycles. The molecule has 0 spiro atoms. The van der Waals surface area contributed by atoms with Gasteiger partial charge in [0, 0.05) is 18.8 Å². The normalized spacial score (nSPS) is 13.3. The largest absolute Gasteiger partial charge is 0.316 e. The summed E-state index contributed by atoms with van der Waals surface area (Å²) >= 11 is 1.54. The van der Waals surface area contributed by atoms with Crippen molar-refractivity contribution >= 4 is 21.4 Å². The first-order valence-electron chi connectivity index (χ1n) is 6.17. The van der Waals surface area contributed by atoms with E-state index in [1.807, 2.05) is 30.8 Å². The van der Waals surface area contributed by atoms with Gasteiger partial charge < -0.3 is 5.32 Å². The molecular weight excluding hydrogens is 294 g/mol. The van der Waals surface area contributed by atoms with Crippen LogP contribution in [0.3, 0.4) is 0 Å². The summed E-state index contributed by atoms with van der Waals surface area (Å²) in [7, 11) is -1.77. The van der Waals surface area contributed by atoms with Crippen molar-refractivity contribution in [2.45, 2.75) is 24.5 Å². The Kier molecular flexibility index (Phi) is 4.87. The lowest BCUT2D eigenvalue weighted by Crippen LogP contribution is -2.27. The van der Waals surface area contributed by atoms with Crippen molar-refractivity contribution in [3.63, 3.8) is 0 Å². The van der Waals surface area contributed by atoms with E-state index in [1.54, 1.807) is 12.3 Å². The molecule has 108 valence electrons.